The summed E-state index contributed by atoms with van der Waals surface area (Å²) in [7, 11) is 0. The van der Waals surface area contributed by atoms with Crippen LogP contribution in [0.1, 0.15) is 41.5 Å². The van der Waals surface area contributed by atoms with Gasteiger partial charge in [0.15, 0.2) is 0 Å². The van der Waals surface area contributed by atoms with E-state index in [-0.39, 0.29) is 17.8 Å². The molecule has 0 fully saturated rings. The molecule has 0 saturated carbocycles. The predicted molar refractivity (Wildman–Crippen MR) is 54.1 cm³/mol. The van der Waals surface area contributed by atoms with Crippen LogP contribution in [0, 0.1) is 11.8 Å². The summed E-state index contributed by atoms with van der Waals surface area (Å²) < 4.78 is 5.28. The van der Waals surface area contributed by atoms with E-state index in [1.807, 2.05) is 41.5 Å². The Kier molecular flexibility index (Phi) is 4.74. The standard InChI is InChI=1S/C11H20O2/c1-7(2)10(8(3)4)13-11(12)9(5)6/h7,9H,1-6H3. The van der Waals surface area contributed by atoms with Crippen LogP contribution in [-0.4, -0.2) is 5.97 Å². The summed E-state index contributed by atoms with van der Waals surface area (Å²) in [6.07, 6.45) is 0. The van der Waals surface area contributed by atoms with Crippen molar-refractivity contribution in [2.45, 2.75) is 41.5 Å². The molecule has 0 bridgehead atoms. The fourth-order valence-electron chi connectivity index (χ4n) is 1.02. The molecular formula is C11H20O2. The highest BCUT2D eigenvalue weighted by Gasteiger charge is 2.14. The SMILES string of the molecule is CC(C)=C(OC(=O)C(C)C)C(C)C. The predicted octanol–water partition coefficient (Wildman–Crippen LogP) is 3.14. The van der Waals surface area contributed by atoms with Gasteiger partial charge in [-0.25, -0.2) is 0 Å². The molecule has 0 aliphatic rings. The molecule has 0 spiro atoms. The third-order valence-electron chi connectivity index (χ3n) is 1.70. The summed E-state index contributed by atoms with van der Waals surface area (Å²) in [6.45, 7) is 11.6. The van der Waals surface area contributed by atoms with Gasteiger partial charge < -0.3 is 4.74 Å². The maximum atomic E-state index is 11.3. The molecule has 0 aliphatic heterocycles. The van der Waals surface area contributed by atoms with Crippen LogP contribution in [0.5, 0.6) is 0 Å². The summed E-state index contributed by atoms with van der Waals surface area (Å²) >= 11 is 0. The van der Waals surface area contributed by atoms with Gasteiger partial charge in [-0.3, -0.25) is 4.79 Å². The lowest BCUT2D eigenvalue weighted by Crippen LogP contribution is -2.14. The second-order valence-corrected chi connectivity index (χ2v) is 4.09. The maximum absolute atomic E-state index is 11.3. The van der Waals surface area contributed by atoms with Crippen molar-refractivity contribution >= 4 is 5.97 Å². The molecule has 13 heavy (non-hydrogen) atoms. The minimum Gasteiger partial charge on any atom is -0.431 e. The van der Waals surface area contributed by atoms with Crippen molar-refractivity contribution < 1.29 is 9.53 Å². The van der Waals surface area contributed by atoms with Gasteiger partial charge in [0.2, 0.25) is 0 Å². The molecule has 0 aromatic heterocycles. The number of allylic oxidation sites excluding steroid dienone is 2. The molecule has 76 valence electrons. The van der Waals surface area contributed by atoms with E-state index in [4.69, 9.17) is 4.74 Å². The molecule has 0 rings (SSSR count). The van der Waals surface area contributed by atoms with E-state index in [1.54, 1.807) is 0 Å². The fraction of sp³-hybridized carbons (Fsp3) is 0.727. The first-order valence-electron chi connectivity index (χ1n) is 4.75. The molecule has 2 heteroatoms. The Balaban J connectivity index is 4.48. The molecule has 0 amide bonds. The average molecular weight is 184 g/mol. The van der Waals surface area contributed by atoms with E-state index in [2.05, 4.69) is 0 Å². The van der Waals surface area contributed by atoms with Crippen LogP contribution in [0.25, 0.3) is 0 Å². The van der Waals surface area contributed by atoms with E-state index >= 15 is 0 Å². The molecule has 0 atom stereocenters. The third-order valence-corrected chi connectivity index (χ3v) is 1.70. The van der Waals surface area contributed by atoms with Crippen molar-refractivity contribution in [2.24, 2.45) is 11.8 Å². The topological polar surface area (TPSA) is 26.3 Å². The van der Waals surface area contributed by atoms with Gasteiger partial charge in [0.05, 0.1) is 5.92 Å². The van der Waals surface area contributed by atoms with Crippen LogP contribution in [-0.2, 0) is 9.53 Å². The monoisotopic (exact) mass is 184 g/mol. The summed E-state index contributed by atoms with van der Waals surface area (Å²) in [6, 6.07) is 0. The number of esters is 1. The molecule has 0 aromatic carbocycles. The molecule has 0 unspecified atom stereocenters. The lowest BCUT2D eigenvalue weighted by Gasteiger charge is -2.15. The Morgan fingerprint density at radius 2 is 1.46 bits per heavy atom. The number of rotatable bonds is 3. The van der Waals surface area contributed by atoms with Crippen LogP contribution >= 0.6 is 0 Å². The molecular weight excluding hydrogens is 164 g/mol. The summed E-state index contributed by atoms with van der Waals surface area (Å²) in [5, 5.41) is 0. The summed E-state index contributed by atoms with van der Waals surface area (Å²) in [5.74, 6) is 0.865. The smallest absolute Gasteiger partial charge is 0.313 e. The van der Waals surface area contributed by atoms with Gasteiger partial charge in [-0.2, -0.15) is 0 Å². The summed E-state index contributed by atoms with van der Waals surface area (Å²) in [5.41, 5.74) is 1.07. The normalized spacial score (nSPS) is 10.5. The highest BCUT2D eigenvalue weighted by atomic mass is 16.5. The van der Waals surface area contributed by atoms with Gasteiger partial charge in [-0.05, 0) is 19.4 Å². The highest BCUT2D eigenvalue weighted by molar-refractivity contribution is 5.72. The van der Waals surface area contributed by atoms with Gasteiger partial charge in [-0.15, -0.1) is 0 Å². The van der Waals surface area contributed by atoms with Crippen LogP contribution in [0.4, 0.5) is 0 Å². The fourth-order valence-corrected chi connectivity index (χ4v) is 1.02. The van der Waals surface area contributed by atoms with Crippen molar-refractivity contribution in [3.8, 4) is 0 Å². The maximum Gasteiger partial charge on any atom is 0.313 e. The molecule has 0 heterocycles. The minimum atomic E-state index is -0.148. The summed E-state index contributed by atoms with van der Waals surface area (Å²) in [4.78, 5) is 11.3. The number of carbonyl (C=O) groups excluding carboxylic acids is 1. The highest BCUT2D eigenvalue weighted by Crippen LogP contribution is 2.17. The lowest BCUT2D eigenvalue weighted by atomic mass is 10.1. The number of hydrogen-bond acceptors (Lipinski definition) is 2. The van der Waals surface area contributed by atoms with Crippen molar-refractivity contribution in [1.29, 1.82) is 0 Å². The lowest BCUT2D eigenvalue weighted by molar-refractivity contribution is -0.143. The van der Waals surface area contributed by atoms with E-state index in [0.29, 0.717) is 0 Å². The first-order chi connectivity index (χ1) is 5.86. The zero-order valence-electron chi connectivity index (χ0n) is 9.47. The zero-order chi connectivity index (χ0) is 10.6. The Bertz CT molecular complexity index is 208. The molecule has 0 radical (unpaired) electrons. The molecule has 0 aliphatic carbocycles. The van der Waals surface area contributed by atoms with Gasteiger partial charge >= 0.3 is 5.97 Å². The zero-order valence-corrected chi connectivity index (χ0v) is 9.47. The van der Waals surface area contributed by atoms with Crippen LogP contribution in [0.3, 0.4) is 0 Å². The molecule has 2 nitrogen and oxygen atoms in total. The van der Waals surface area contributed by atoms with Gasteiger partial charge in [0, 0.05) is 5.92 Å². The van der Waals surface area contributed by atoms with Crippen LogP contribution < -0.4 is 0 Å². The Hall–Kier alpha value is -0.790. The van der Waals surface area contributed by atoms with E-state index in [1.165, 1.54) is 0 Å². The van der Waals surface area contributed by atoms with Gasteiger partial charge in [0.25, 0.3) is 0 Å². The largest absolute Gasteiger partial charge is 0.431 e. The molecule has 0 N–H and O–H groups in total. The number of ether oxygens (including phenoxy) is 1. The van der Waals surface area contributed by atoms with Crippen LogP contribution in [0.15, 0.2) is 11.3 Å². The molecule has 0 aromatic rings. The first-order valence-corrected chi connectivity index (χ1v) is 4.75. The Labute approximate surface area is 81.0 Å². The molecule has 0 saturated heterocycles. The Morgan fingerprint density at radius 1 is 1.00 bits per heavy atom. The van der Waals surface area contributed by atoms with Crippen molar-refractivity contribution in [2.75, 3.05) is 0 Å². The third kappa shape index (κ3) is 4.11. The first kappa shape index (κ1) is 12.2. The second-order valence-electron chi connectivity index (χ2n) is 4.09. The quantitative estimate of drug-likeness (QED) is 0.497. The van der Waals surface area contributed by atoms with Crippen molar-refractivity contribution in [3.63, 3.8) is 0 Å². The van der Waals surface area contributed by atoms with Crippen molar-refractivity contribution in [3.05, 3.63) is 11.3 Å². The van der Waals surface area contributed by atoms with Crippen LogP contribution in [0.2, 0.25) is 0 Å². The second kappa shape index (κ2) is 5.05. The van der Waals surface area contributed by atoms with E-state index in [0.717, 1.165) is 11.3 Å². The number of hydrogen-bond donors (Lipinski definition) is 0. The van der Waals surface area contributed by atoms with Gasteiger partial charge in [0.1, 0.15) is 5.76 Å². The minimum absolute atomic E-state index is 0.0619. The van der Waals surface area contributed by atoms with Gasteiger partial charge in [-0.1, -0.05) is 27.7 Å². The number of carbonyl (C=O) groups is 1. The van der Waals surface area contributed by atoms with Crippen molar-refractivity contribution in [1.82, 2.24) is 0 Å². The average Bonchev–Trinajstić information content (AvgIpc) is 1.97. The van der Waals surface area contributed by atoms with E-state index < -0.39 is 0 Å². The Morgan fingerprint density at radius 3 is 1.69 bits per heavy atom. The van der Waals surface area contributed by atoms with E-state index in [9.17, 15) is 4.79 Å².